The number of allylic oxidation sites excluding steroid dienone is 2. The van der Waals surface area contributed by atoms with E-state index in [-0.39, 0.29) is 48.9 Å². The van der Waals surface area contributed by atoms with Gasteiger partial charge in [0.2, 0.25) is 11.8 Å². The molecular formula is C31H47F2N3O4. The average Bonchev–Trinajstić information content (AvgIpc) is 2.85. The van der Waals surface area contributed by atoms with Gasteiger partial charge in [0.15, 0.2) is 0 Å². The van der Waals surface area contributed by atoms with Crippen molar-refractivity contribution < 1.29 is 28.6 Å². The van der Waals surface area contributed by atoms with Crippen LogP contribution in [0.25, 0.3) is 0 Å². The van der Waals surface area contributed by atoms with Gasteiger partial charge in [0.25, 0.3) is 0 Å². The van der Waals surface area contributed by atoms with Crippen LogP contribution in [-0.4, -0.2) is 65.3 Å². The Kier molecular flexibility index (Phi) is 12.0. The van der Waals surface area contributed by atoms with Crippen LogP contribution in [0.3, 0.4) is 0 Å². The minimum atomic E-state index is -1.51. The second-order valence-corrected chi connectivity index (χ2v) is 12.1. The average molecular weight is 564 g/mol. The topological polar surface area (TPSA) is 116 Å². The fourth-order valence-electron chi connectivity index (χ4n) is 5.61. The van der Waals surface area contributed by atoms with Crippen LogP contribution < -0.4 is 11.1 Å². The Morgan fingerprint density at radius 3 is 2.17 bits per heavy atom. The molecule has 2 amide bonds. The molecule has 1 aromatic carbocycles. The maximum Gasteiger partial charge on any atom is 0.249 e. The highest BCUT2D eigenvalue weighted by Gasteiger charge is 2.48. The van der Waals surface area contributed by atoms with Crippen LogP contribution in [0.4, 0.5) is 8.78 Å². The van der Waals surface area contributed by atoms with Gasteiger partial charge in [0.1, 0.15) is 11.6 Å². The third-order valence-corrected chi connectivity index (χ3v) is 7.68. The highest BCUT2D eigenvalue weighted by molar-refractivity contribution is 5.96. The van der Waals surface area contributed by atoms with E-state index in [0.29, 0.717) is 24.2 Å². The second-order valence-electron chi connectivity index (χ2n) is 12.1. The van der Waals surface area contributed by atoms with Crippen molar-refractivity contribution in [2.75, 3.05) is 26.2 Å². The normalized spacial score (nSPS) is 19.9. The molecule has 1 aliphatic rings. The van der Waals surface area contributed by atoms with E-state index in [9.17, 15) is 28.6 Å². The smallest absolute Gasteiger partial charge is 0.249 e. The van der Waals surface area contributed by atoms with Crippen LogP contribution >= 0.6 is 0 Å². The highest BCUT2D eigenvalue weighted by Crippen LogP contribution is 2.44. The van der Waals surface area contributed by atoms with Gasteiger partial charge in [-0.3, -0.25) is 9.59 Å². The Bertz CT molecular complexity index is 1070. The van der Waals surface area contributed by atoms with Crippen molar-refractivity contribution in [3.05, 3.63) is 58.7 Å². The molecule has 1 aromatic rings. The molecule has 5 N–H and O–H groups in total. The number of hydrogen-bond donors (Lipinski definition) is 4. The maximum atomic E-state index is 14.2. The van der Waals surface area contributed by atoms with Crippen molar-refractivity contribution in [3.63, 3.8) is 0 Å². The number of nitrogens with one attached hydrogen (secondary N) is 1. The van der Waals surface area contributed by atoms with Gasteiger partial charge in [-0.1, -0.05) is 52.3 Å². The number of amides is 2. The molecule has 0 saturated carbocycles. The molecule has 0 aliphatic heterocycles. The third-order valence-electron chi connectivity index (χ3n) is 7.68. The van der Waals surface area contributed by atoms with Gasteiger partial charge in [0, 0.05) is 43.2 Å². The first-order valence-corrected chi connectivity index (χ1v) is 14.1. The fourth-order valence-corrected chi connectivity index (χ4v) is 5.61. The molecule has 1 aliphatic carbocycles. The summed E-state index contributed by atoms with van der Waals surface area (Å²) in [6.07, 6.45) is 3.62. The third kappa shape index (κ3) is 8.44. The lowest BCUT2D eigenvalue weighted by atomic mass is 9.63. The van der Waals surface area contributed by atoms with E-state index in [0.717, 1.165) is 18.9 Å². The fraction of sp³-hybridized carbons (Fsp3) is 0.613. The lowest BCUT2D eigenvalue weighted by Gasteiger charge is -2.42. The van der Waals surface area contributed by atoms with Crippen molar-refractivity contribution in [2.24, 2.45) is 22.5 Å². The summed E-state index contributed by atoms with van der Waals surface area (Å²) in [6, 6.07) is 2.73. The van der Waals surface area contributed by atoms with E-state index >= 15 is 0 Å². The lowest BCUT2D eigenvalue weighted by Crippen LogP contribution is -2.54. The number of hydrogen-bond acceptors (Lipinski definition) is 5. The van der Waals surface area contributed by atoms with Gasteiger partial charge < -0.3 is 26.2 Å². The van der Waals surface area contributed by atoms with Crippen molar-refractivity contribution in [2.45, 2.75) is 79.4 Å². The van der Waals surface area contributed by atoms with Crippen LogP contribution in [0.5, 0.6) is 0 Å². The summed E-state index contributed by atoms with van der Waals surface area (Å²) >= 11 is 0. The molecule has 7 nitrogen and oxygen atoms in total. The summed E-state index contributed by atoms with van der Waals surface area (Å²) in [5.41, 5.74) is 5.53. The number of aliphatic hydroxyl groups is 2. The molecule has 40 heavy (non-hydrogen) atoms. The molecule has 1 unspecified atom stereocenters. The number of aliphatic hydroxyl groups excluding tert-OH is 2. The molecule has 4 atom stereocenters. The number of carbonyl (C=O) groups excluding carboxylic acids is 2. The number of benzene rings is 1. The summed E-state index contributed by atoms with van der Waals surface area (Å²) in [6.45, 7) is 12.5. The van der Waals surface area contributed by atoms with E-state index in [2.05, 4.69) is 5.32 Å². The largest absolute Gasteiger partial charge is 0.395 e. The summed E-state index contributed by atoms with van der Waals surface area (Å²) in [7, 11) is 0. The van der Waals surface area contributed by atoms with Crippen LogP contribution in [0.15, 0.2) is 41.5 Å². The Hall–Kier alpha value is -2.62. The lowest BCUT2D eigenvalue weighted by molar-refractivity contribution is -0.132. The summed E-state index contributed by atoms with van der Waals surface area (Å²) in [4.78, 5) is 28.7. The number of nitrogens with two attached hydrogens (primary N) is 1. The molecule has 2 rings (SSSR count). The van der Waals surface area contributed by atoms with Gasteiger partial charge in [0.05, 0.1) is 18.1 Å². The molecule has 0 spiro atoms. The molecule has 0 fully saturated rings. The first-order chi connectivity index (χ1) is 18.7. The Morgan fingerprint density at radius 1 is 1.12 bits per heavy atom. The SMILES string of the molecule is CCCN(CCC)C(=O)C1=CC(C)=CC(C(N)=O)([C@H](Cc2cc(F)cc(F)c2)[C@@H](O)CN[C@H](CO)C(C)(C)C)C1. The van der Waals surface area contributed by atoms with Crippen molar-refractivity contribution >= 4 is 11.8 Å². The summed E-state index contributed by atoms with van der Waals surface area (Å²) < 4.78 is 28.3. The number of primary amides is 1. The highest BCUT2D eigenvalue weighted by atomic mass is 19.1. The molecule has 224 valence electrons. The van der Waals surface area contributed by atoms with Crippen LogP contribution in [-0.2, 0) is 16.0 Å². The van der Waals surface area contributed by atoms with E-state index in [1.165, 1.54) is 12.1 Å². The van der Waals surface area contributed by atoms with Gasteiger partial charge in [-0.05, 0) is 55.7 Å². The van der Waals surface area contributed by atoms with Gasteiger partial charge in [-0.2, -0.15) is 0 Å². The molecule has 0 bridgehead atoms. The molecule has 0 saturated heterocycles. The van der Waals surface area contributed by atoms with E-state index in [4.69, 9.17) is 5.73 Å². The van der Waals surface area contributed by atoms with Crippen molar-refractivity contribution in [1.82, 2.24) is 10.2 Å². The Balaban J connectivity index is 2.58. The van der Waals surface area contributed by atoms with Gasteiger partial charge in [-0.25, -0.2) is 8.78 Å². The molecule has 0 aromatic heterocycles. The molecule has 0 heterocycles. The van der Waals surface area contributed by atoms with Crippen molar-refractivity contribution in [1.29, 1.82) is 0 Å². The standard InChI is InChI=1S/C31H47F2N3O4/c1-7-9-36(10-8-2)28(39)22-11-20(3)16-31(17-22,29(34)40)25(14-21-12-23(32)15-24(33)13-21)26(38)18-35-27(19-37)30(4,5)6/h11-13,15-16,25-27,35,37-38H,7-10,14,17-19H2,1-6H3,(H2,34,40)/t25-,26+,27-,31?/m1/s1. The van der Waals surface area contributed by atoms with E-state index in [1.807, 2.05) is 34.6 Å². The summed E-state index contributed by atoms with van der Waals surface area (Å²) in [5.74, 6) is -3.42. The summed E-state index contributed by atoms with van der Waals surface area (Å²) in [5, 5.41) is 24.7. The predicted molar refractivity (Wildman–Crippen MR) is 153 cm³/mol. The molecule has 9 heteroatoms. The Labute approximate surface area is 237 Å². The predicted octanol–water partition coefficient (Wildman–Crippen LogP) is 3.88. The van der Waals surface area contributed by atoms with Crippen LogP contribution in [0, 0.1) is 28.4 Å². The van der Waals surface area contributed by atoms with Crippen molar-refractivity contribution in [3.8, 4) is 0 Å². The monoisotopic (exact) mass is 563 g/mol. The van der Waals surface area contributed by atoms with Gasteiger partial charge in [-0.15, -0.1) is 0 Å². The molecular weight excluding hydrogens is 516 g/mol. The zero-order valence-corrected chi connectivity index (χ0v) is 24.8. The number of nitrogens with zero attached hydrogens (tertiary/aromatic N) is 1. The first kappa shape index (κ1) is 33.6. The quantitative estimate of drug-likeness (QED) is 0.274. The number of rotatable bonds is 14. The zero-order chi connectivity index (χ0) is 30.3. The number of carbonyl (C=O) groups is 2. The second kappa shape index (κ2) is 14.3. The van der Waals surface area contributed by atoms with E-state index in [1.54, 1.807) is 24.0 Å². The number of halogens is 2. The maximum absolute atomic E-state index is 14.2. The Morgan fingerprint density at radius 2 is 1.70 bits per heavy atom. The minimum absolute atomic E-state index is 0.0162. The molecule has 0 radical (unpaired) electrons. The van der Waals surface area contributed by atoms with E-state index < -0.39 is 35.0 Å². The van der Waals surface area contributed by atoms with Crippen LogP contribution in [0.2, 0.25) is 0 Å². The zero-order valence-electron chi connectivity index (χ0n) is 24.8. The van der Waals surface area contributed by atoms with Gasteiger partial charge >= 0.3 is 0 Å². The van der Waals surface area contributed by atoms with Crippen LogP contribution in [0.1, 0.15) is 66.4 Å². The first-order valence-electron chi connectivity index (χ1n) is 14.1. The minimum Gasteiger partial charge on any atom is -0.395 e.